The van der Waals surface area contributed by atoms with Gasteiger partial charge in [0.1, 0.15) is 0 Å². The van der Waals surface area contributed by atoms with Crippen LogP contribution in [0.2, 0.25) is 0 Å². The van der Waals surface area contributed by atoms with Crippen LogP contribution in [-0.2, 0) is 16.1 Å². The summed E-state index contributed by atoms with van der Waals surface area (Å²) in [5.74, 6) is 0.259. The maximum absolute atomic E-state index is 12.8. The van der Waals surface area contributed by atoms with E-state index in [9.17, 15) is 4.79 Å². The fourth-order valence-corrected chi connectivity index (χ4v) is 4.24. The first kappa shape index (κ1) is 18.2. The maximum Gasteiger partial charge on any atom is 0.224 e. The molecule has 0 unspecified atom stereocenters. The second kappa shape index (κ2) is 8.67. The van der Waals surface area contributed by atoms with Gasteiger partial charge in [0.2, 0.25) is 5.91 Å². The molecule has 0 aliphatic carbocycles. The average molecular weight is 368 g/mol. The van der Waals surface area contributed by atoms with Crippen LogP contribution in [0.3, 0.4) is 0 Å². The number of carbonyl (C=O) groups excluding carboxylic acids is 1. The number of imidazole rings is 1. The highest BCUT2D eigenvalue weighted by molar-refractivity contribution is 5.79. The number of piperidine rings is 1. The van der Waals surface area contributed by atoms with E-state index in [0.717, 1.165) is 63.2 Å². The van der Waals surface area contributed by atoms with Gasteiger partial charge in [0, 0.05) is 44.7 Å². The third-order valence-corrected chi connectivity index (χ3v) is 5.76. The van der Waals surface area contributed by atoms with E-state index in [0.29, 0.717) is 12.6 Å². The summed E-state index contributed by atoms with van der Waals surface area (Å²) in [6, 6.07) is 8.71. The average Bonchev–Trinajstić information content (AvgIpc) is 3.28. The lowest BCUT2D eigenvalue weighted by molar-refractivity contribution is -0.127. The highest BCUT2D eigenvalue weighted by Crippen LogP contribution is 2.23. The Balaban J connectivity index is 1.36. The predicted molar refractivity (Wildman–Crippen MR) is 104 cm³/mol. The smallest absolute Gasteiger partial charge is 0.224 e. The van der Waals surface area contributed by atoms with Gasteiger partial charge in [0.05, 0.1) is 17.9 Å². The lowest BCUT2D eigenvalue weighted by atomic mass is 9.94. The van der Waals surface area contributed by atoms with Gasteiger partial charge < -0.3 is 14.6 Å². The number of likely N-dealkylation sites (tertiary alicyclic amines) is 1. The van der Waals surface area contributed by atoms with E-state index in [1.54, 1.807) is 12.5 Å². The van der Waals surface area contributed by atoms with Crippen molar-refractivity contribution in [3.8, 4) is 5.69 Å². The molecule has 1 aromatic carbocycles. The molecule has 2 fully saturated rings. The molecule has 4 rings (SSSR count). The summed E-state index contributed by atoms with van der Waals surface area (Å²) in [5, 5.41) is 3.17. The van der Waals surface area contributed by atoms with E-state index in [4.69, 9.17) is 4.74 Å². The lowest BCUT2D eigenvalue weighted by Crippen LogP contribution is -2.48. The number of ether oxygens (including phenoxy) is 1. The van der Waals surface area contributed by atoms with E-state index in [2.05, 4.69) is 27.3 Å². The Hall–Kier alpha value is -2.18. The first-order valence-electron chi connectivity index (χ1n) is 9.97. The fraction of sp³-hybridized carbons (Fsp3) is 0.524. The topological polar surface area (TPSA) is 59.4 Å². The number of amides is 1. The molecular formula is C21H28N4O2. The van der Waals surface area contributed by atoms with Crippen molar-refractivity contribution in [1.29, 1.82) is 0 Å². The van der Waals surface area contributed by atoms with Crippen molar-refractivity contribution in [3.63, 3.8) is 0 Å². The number of para-hydroxylation sites is 1. The standard InChI is InChI=1S/C21H28N4O2/c26-21(18-5-3-10-24(15-18)19-7-12-27-13-8-19)23-14-17-4-1-2-6-20(17)25-11-9-22-16-25/h1-2,4,6,9,11,16,18-19H,3,5,7-8,10,12-15H2,(H,23,26)/t18-/m0/s1. The summed E-state index contributed by atoms with van der Waals surface area (Å²) >= 11 is 0. The first-order valence-corrected chi connectivity index (χ1v) is 9.97. The van der Waals surface area contributed by atoms with Gasteiger partial charge in [-0.3, -0.25) is 9.69 Å². The predicted octanol–water partition coefficient (Wildman–Crippen LogP) is 2.38. The minimum absolute atomic E-state index is 0.0852. The highest BCUT2D eigenvalue weighted by atomic mass is 16.5. The summed E-state index contributed by atoms with van der Waals surface area (Å²) in [5.41, 5.74) is 2.16. The molecule has 3 heterocycles. The van der Waals surface area contributed by atoms with E-state index in [1.807, 2.05) is 22.9 Å². The zero-order chi connectivity index (χ0) is 18.5. The van der Waals surface area contributed by atoms with Crippen LogP contribution in [0.4, 0.5) is 0 Å². The number of benzene rings is 1. The second-order valence-corrected chi connectivity index (χ2v) is 7.49. The number of nitrogens with one attached hydrogen (secondary N) is 1. The Morgan fingerprint density at radius 1 is 1.22 bits per heavy atom. The Morgan fingerprint density at radius 2 is 2.07 bits per heavy atom. The normalized spacial score (nSPS) is 21.9. The number of hydrogen-bond acceptors (Lipinski definition) is 4. The zero-order valence-electron chi connectivity index (χ0n) is 15.7. The zero-order valence-corrected chi connectivity index (χ0v) is 15.7. The van der Waals surface area contributed by atoms with Crippen molar-refractivity contribution < 1.29 is 9.53 Å². The molecule has 0 radical (unpaired) electrons. The van der Waals surface area contributed by atoms with Crippen molar-refractivity contribution in [2.75, 3.05) is 26.3 Å². The highest BCUT2D eigenvalue weighted by Gasteiger charge is 2.30. The van der Waals surface area contributed by atoms with Crippen molar-refractivity contribution >= 4 is 5.91 Å². The molecule has 2 aromatic rings. The summed E-state index contributed by atoms with van der Waals surface area (Å²) in [6.07, 6.45) is 9.73. The summed E-state index contributed by atoms with van der Waals surface area (Å²) < 4.78 is 7.46. The quantitative estimate of drug-likeness (QED) is 0.880. The van der Waals surface area contributed by atoms with Gasteiger partial charge in [-0.2, -0.15) is 0 Å². The van der Waals surface area contributed by atoms with Crippen molar-refractivity contribution in [2.24, 2.45) is 5.92 Å². The lowest BCUT2D eigenvalue weighted by Gasteiger charge is -2.39. The van der Waals surface area contributed by atoms with E-state index < -0.39 is 0 Å². The molecule has 0 spiro atoms. The van der Waals surface area contributed by atoms with Crippen LogP contribution >= 0.6 is 0 Å². The summed E-state index contributed by atoms with van der Waals surface area (Å²) in [6.45, 7) is 4.23. The molecule has 6 nitrogen and oxygen atoms in total. The van der Waals surface area contributed by atoms with Gasteiger partial charge in [0.15, 0.2) is 0 Å². The van der Waals surface area contributed by atoms with Crippen LogP contribution in [0.1, 0.15) is 31.2 Å². The monoisotopic (exact) mass is 368 g/mol. The Kier molecular flexibility index (Phi) is 5.84. The van der Waals surface area contributed by atoms with Crippen molar-refractivity contribution in [1.82, 2.24) is 19.8 Å². The van der Waals surface area contributed by atoms with E-state index in [1.165, 1.54) is 0 Å². The minimum Gasteiger partial charge on any atom is -0.381 e. The largest absolute Gasteiger partial charge is 0.381 e. The minimum atomic E-state index is 0.0852. The molecule has 1 atom stereocenters. The van der Waals surface area contributed by atoms with Gasteiger partial charge in [-0.1, -0.05) is 18.2 Å². The van der Waals surface area contributed by atoms with Crippen LogP contribution in [-0.4, -0.2) is 52.7 Å². The molecule has 2 saturated heterocycles. The first-order chi connectivity index (χ1) is 13.3. The van der Waals surface area contributed by atoms with Crippen LogP contribution in [0.5, 0.6) is 0 Å². The number of rotatable bonds is 5. The summed E-state index contributed by atoms with van der Waals surface area (Å²) in [4.78, 5) is 19.4. The van der Waals surface area contributed by atoms with Crippen LogP contribution < -0.4 is 5.32 Å². The number of nitrogens with zero attached hydrogens (tertiary/aromatic N) is 3. The number of aromatic nitrogens is 2. The number of hydrogen-bond donors (Lipinski definition) is 1. The molecule has 1 N–H and O–H groups in total. The SMILES string of the molecule is O=C(NCc1ccccc1-n1ccnc1)[C@H]1CCCN(C2CCOCC2)C1. The maximum atomic E-state index is 12.8. The number of carbonyl (C=O) groups is 1. The Bertz CT molecular complexity index is 740. The molecule has 2 aliphatic rings. The third kappa shape index (κ3) is 4.39. The second-order valence-electron chi connectivity index (χ2n) is 7.49. The van der Waals surface area contributed by atoms with Crippen LogP contribution in [0.15, 0.2) is 43.0 Å². The molecule has 1 aromatic heterocycles. The van der Waals surface area contributed by atoms with Crippen LogP contribution in [0.25, 0.3) is 5.69 Å². The molecule has 27 heavy (non-hydrogen) atoms. The molecule has 0 saturated carbocycles. The van der Waals surface area contributed by atoms with Crippen LogP contribution in [0, 0.1) is 5.92 Å². The van der Waals surface area contributed by atoms with E-state index >= 15 is 0 Å². The molecule has 0 bridgehead atoms. The van der Waals surface area contributed by atoms with Crippen molar-refractivity contribution in [2.45, 2.75) is 38.3 Å². The molecule has 2 aliphatic heterocycles. The molecule has 6 heteroatoms. The van der Waals surface area contributed by atoms with Gasteiger partial charge in [0.25, 0.3) is 0 Å². The molecule has 1 amide bonds. The summed E-state index contributed by atoms with van der Waals surface area (Å²) in [7, 11) is 0. The van der Waals surface area contributed by atoms with Gasteiger partial charge in [-0.25, -0.2) is 4.98 Å². The van der Waals surface area contributed by atoms with Gasteiger partial charge in [-0.15, -0.1) is 0 Å². The van der Waals surface area contributed by atoms with Gasteiger partial charge >= 0.3 is 0 Å². The Morgan fingerprint density at radius 3 is 2.89 bits per heavy atom. The van der Waals surface area contributed by atoms with E-state index in [-0.39, 0.29) is 11.8 Å². The van der Waals surface area contributed by atoms with Gasteiger partial charge in [-0.05, 0) is 43.9 Å². The third-order valence-electron chi connectivity index (χ3n) is 5.76. The fourth-order valence-electron chi connectivity index (χ4n) is 4.24. The Labute approximate surface area is 160 Å². The van der Waals surface area contributed by atoms with Crippen molar-refractivity contribution in [3.05, 3.63) is 48.5 Å². The molecule has 144 valence electrons. The molecular weight excluding hydrogens is 340 g/mol.